The third kappa shape index (κ3) is 4.08. The quantitative estimate of drug-likeness (QED) is 0.313. The van der Waals surface area contributed by atoms with Crippen LogP contribution in [0.25, 0.3) is 11.0 Å². The molecule has 0 aliphatic carbocycles. The number of rotatable bonds is 4. The van der Waals surface area contributed by atoms with E-state index in [2.05, 4.69) is 25.6 Å². The number of hydrogen-bond donors (Lipinski definition) is 4. The molecule has 0 aliphatic rings. The fourth-order valence-corrected chi connectivity index (χ4v) is 3.07. The second kappa shape index (κ2) is 7.85. The lowest BCUT2D eigenvalue weighted by molar-refractivity contribution is 0.102. The molecular formula is C22H20N6O. The number of aromatic nitrogens is 2. The number of H-pyrrole nitrogens is 1. The zero-order chi connectivity index (χ0) is 20.2. The van der Waals surface area contributed by atoms with Crippen LogP contribution in [0.2, 0.25) is 0 Å². The van der Waals surface area contributed by atoms with E-state index in [-0.39, 0.29) is 11.9 Å². The first kappa shape index (κ1) is 18.2. The van der Waals surface area contributed by atoms with Gasteiger partial charge >= 0.3 is 0 Å². The van der Waals surface area contributed by atoms with Gasteiger partial charge in [0, 0.05) is 29.0 Å². The number of nitrogens with zero attached hydrogens (tertiary/aromatic N) is 2. The smallest absolute Gasteiger partial charge is 0.255 e. The SMILES string of the molecule is Cc1cc(NC(N)=Nc2ccccc2)ccc1C(=O)Nc1ccnc2[nH]ccc12. The van der Waals surface area contributed by atoms with Gasteiger partial charge in [0.2, 0.25) is 0 Å². The second-order valence-corrected chi connectivity index (χ2v) is 6.54. The average Bonchev–Trinajstić information content (AvgIpc) is 3.18. The Labute approximate surface area is 167 Å². The molecule has 0 aliphatic heterocycles. The van der Waals surface area contributed by atoms with Crippen LogP contribution in [0.3, 0.4) is 0 Å². The molecule has 5 N–H and O–H groups in total. The molecule has 0 saturated carbocycles. The van der Waals surface area contributed by atoms with Gasteiger partial charge in [-0.05, 0) is 55.0 Å². The summed E-state index contributed by atoms with van der Waals surface area (Å²) in [6, 6.07) is 18.5. The van der Waals surface area contributed by atoms with Crippen molar-refractivity contribution in [3.05, 3.63) is 84.2 Å². The van der Waals surface area contributed by atoms with Crippen molar-refractivity contribution in [1.29, 1.82) is 0 Å². The largest absolute Gasteiger partial charge is 0.369 e. The molecule has 2 heterocycles. The highest BCUT2D eigenvalue weighted by molar-refractivity contribution is 6.09. The maximum absolute atomic E-state index is 12.8. The Morgan fingerprint density at radius 3 is 2.69 bits per heavy atom. The highest BCUT2D eigenvalue weighted by atomic mass is 16.1. The van der Waals surface area contributed by atoms with Crippen molar-refractivity contribution in [1.82, 2.24) is 9.97 Å². The van der Waals surface area contributed by atoms with Crippen LogP contribution >= 0.6 is 0 Å². The van der Waals surface area contributed by atoms with Crippen LogP contribution in [-0.2, 0) is 0 Å². The van der Waals surface area contributed by atoms with E-state index in [9.17, 15) is 4.79 Å². The molecule has 0 bridgehead atoms. The van der Waals surface area contributed by atoms with Crippen LogP contribution in [0.1, 0.15) is 15.9 Å². The lowest BCUT2D eigenvalue weighted by Crippen LogP contribution is -2.22. The Kier molecular flexibility index (Phi) is 4.94. The molecule has 0 spiro atoms. The zero-order valence-corrected chi connectivity index (χ0v) is 15.8. The van der Waals surface area contributed by atoms with E-state index < -0.39 is 0 Å². The lowest BCUT2D eigenvalue weighted by atomic mass is 10.1. The number of carbonyl (C=O) groups excluding carboxylic acids is 1. The van der Waals surface area contributed by atoms with Gasteiger partial charge in [0.25, 0.3) is 5.91 Å². The molecule has 29 heavy (non-hydrogen) atoms. The molecule has 1 amide bonds. The maximum atomic E-state index is 12.8. The molecule has 0 radical (unpaired) electrons. The third-order valence-electron chi connectivity index (χ3n) is 4.46. The number of para-hydroxylation sites is 1. The summed E-state index contributed by atoms with van der Waals surface area (Å²) in [5.41, 5.74) is 10.3. The Morgan fingerprint density at radius 2 is 1.90 bits per heavy atom. The number of nitrogens with one attached hydrogen (secondary N) is 3. The number of benzene rings is 2. The topological polar surface area (TPSA) is 108 Å². The van der Waals surface area contributed by atoms with Crippen LogP contribution in [-0.4, -0.2) is 21.8 Å². The van der Waals surface area contributed by atoms with E-state index in [0.29, 0.717) is 11.3 Å². The number of aliphatic imine (C=N–C) groups is 1. The van der Waals surface area contributed by atoms with E-state index >= 15 is 0 Å². The van der Waals surface area contributed by atoms with Crippen LogP contribution in [0.5, 0.6) is 0 Å². The molecule has 4 rings (SSSR count). The maximum Gasteiger partial charge on any atom is 0.255 e. The number of nitrogens with two attached hydrogens (primary N) is 1. The predicted molar refractivity (Wildman–Crippen MR) is 117 cm³/mol. The van der Waals surface area contributed by atoms with Crippen molar-refractivity contribution in [2.45, 2.75) is 6.92 Å². The molecule has 2 aromatic heterocycles. The molecular weight excluding hydrogens is 364 g/mol. The minimum Gasteiger partial charge on any atom is -0.369 e. The average molecular weight is 384 g/mol. The summed E-state index contributed by atoms with van der Waals surface area (Å²) in [5.74, 6) is 0.0908. The van der Waals surface area contributed by atoms with Gasteiger partial charge in [-0.3, -0.25) is 4.79 Å². The number of amides is 1. The van der Waals surface area contributed by atoms with Crippen LogP contribution in [0, 0.1) is 6.92 Å². The van der Waals surface area contributed by atoms with Gasteiger partial charge in [0.1, 0.15) is 5.65 Å². The summed E-state index contributed by atoms with van der Waals surface area (Å²) >= 11 is 0. The monoisotopic (exact) mass is 384 g/mol. The normalized spacial score (nSPS) is 11.4. The first-order valence-corrected chi connectivity index (χ1v) is 9.10. The molecule has 0 atom stereocenters. The number of pyridine rings is 1. The molecule has 7 heteroatoms. The third-order valence-corrected chi connectivity index (χ3v) is 4.46. The van der Waals surface area contributed by atoms with Gasteiger partial charge in [0.05, 0.1) is 11.4 Å². The highest BCUT2D eigenvalue weighted by Crippen LogP contribution is 2.22. The van der Waals surface area contributed by atoms with Gasteiger partial charge in [-0.15, -0.1) is 0 Å². The minimum atomic E-state index is -0.186. The summed E-state index contributed by atoms with van der Waals surface area (Å²) in [6.07, 6.45) is 3.45. The predicted octanol–water partition coefficient (Wildman–Crippen LogP) is 4.18. The fraction of sp³-hybridized carbons (Fsp3) is 0.0455. The summed E-state index contributed by atoms with van der Waals surface area (Å²) in [7, 11) is 0. The Morgan fingerprint density at radius 1 is 1.07 bits per heavy atom. The Bertz CT molecular complexity index is 1200. The van der Waals surface area contributed by atoms with E-state index in [4.69, 9.17) is 5.73 Å². The van der Waals surface area contributed by atoms with Crippen molar-refractivity contribution in [3.63, 3.8) is 0 Å². The van der Waals surface area contributed by atoms with E-state index in [1.807, 2.05) is 49.4 Å². The number of anilines is 2. The summed E-state index contributed by atoms with van der Waals surface area (Å²) in [5, 5.41) is 6.87. The van der Waals surface area contributed by atoms with E-state index in [1.54, 1.807) is 30.6 Å². The number of aryl methyl sites for hydroxylation is 1. The first-order chi connectivity index (χ1) is 14.1. The van der Waals surface area contributed by atoms with E-state index in [0.717, 1.165) is 28.0 Å². The molecule has 144 valence electrons. The molecule has 0 fully saturated rings. The van der Waals surface area contributed by atoms with Gasteiger partial charge < -0.3 is 21.4 Å². The van der Waals surface area contributed by atoms with Gasteiger partial charge in [0.15, 0.2) is 5.96 Å². The molecule has 4 aromatic rings. The Balaban J connectivity index is 1.50. The van der Waals surface area contributed by atoms with Crippen LogP contribution in [0.4, 0.5) is 17.1 Å². The summed E-state index contributed by atoms with van der Waals surface area (Å²) in [4.78, 5) is 24.3. The molecule has 0 unspecified atom stereocenters. The molecule has 2 aromatic carbocycles. The van der Waals surface area contributed by atoms with Gasteiger partial charge in [-0.25, -0.2) is 9.98 Å². The lowest BCUT2D eigenvalue weighted by Gasteiger charge is -2.11. The number of guanidine groups is 1. The van der Waals surface area contributed by atoms with Crippen molar-refractivity contribution in [2.24, 2.45) is 10.7 Å². The number of hydrogen-bond acceptors (Lipinski definition) is 3. The van der Waals surface area contributed by atoms with Gasteiger partial charge in [-0.2, -0.15) is 0 Å². The number of fused-ring (bicyclic) bond motifs is 1. The van der Waals surface area contributed by atoms with Crippen LogP contribution < -0.4 is 16.4 Å². The van der Waals surface area contributed by atoms with Crippen molar-refractivity contribution in [3.8, 4) is 0 Å². The standard InChI is InChI=1S/C22H20N6O/c1-14-13-16(27-22(23)26-15-5-3-2-4-6-15)7-8-17(14)21(29)28-19-10-12-25-20-18(19)9-11-24-20/h2-13H,1H3,(H3,23,26,27)(H2,24,25,28,29). The first-order valence-electron chi connectivity index (χ1n) is 9.10. The summed E-state index contributed by atoms with van der Waals surface area (Å²) in [6.45, 7) is 1.88. The van der Waals surface area contributed by atoms with E-state index in [1.165, 1.54) is 0 Å². The van der Waals surface area contributed by atoms with Crippen molar-refractivity contribution in [2.75, 3.05) is 10.6 Å². The van der Waals surface area contributed by atoms with Crippen molar-refractivity contribution >= 4 is 40.0 Å². The van der Waals surface area contributed by atoms with Crippen molar-refractivity contribution < 1.29 is 4.79 Å². The summed E-state index contributed by atoms with van der Waals surface area (Å²) < 4.78 is 0. The minimum absolute atomic E-state index is 0.186. The number of aromatic amines is 1. The second-order valence-electron chi connectivity index (χ2n) is 6.54. The fourth-order valence-electron chi connectivity index (χ4n) is 3.07. The highest BCUT2D eigenvalue weighted by Gasteiger charge is 2.12. The van der Waals surface area contributed by atoms with Crippen LogP contribution in [0.15, 0.2) is 78.0 Å². The molecule has 0 saturated heterocycles. The molecule has 7 nitrogen and oxygen atoms in total. The zero-order valence-electron chi connectivity index (χ0n) is 15.8. The number of carbonyl (C=O) groups is 1. The van der Waals surface area contributed by atoms with Gasteiger partial charge in [-0.1, -0.05) is 18.2 Å². The Hall–Kier alpha value is -4.13.